The molecule has 0 radical (unpaired) electrons. The summed E-state index contributed by atoms with van der Waals surface area (Å²) >= 11 is 1.53. The molecule has 0 aliphatic carbocycles. The Morgan fingerprint density at radius 3 is 3.00 bits per heavy atom. The van der Waals surface area contributed by atoms with Crippen LogP contribution >= 0.6 is 11.3 Å². The van der Waals surface area contributed by atoms with Crippen LogP contribution in [0.1, 0.15) is 17.3 Å². The summed E-state index contributed by atoms with van der Waals surface area (Å²) in [6, 6.07) is 1.83. The fourth-order valence-electron chi connectivity index (χ4n) is 0.796. The zero-order chi connectivity index (χ0) is 8.27. The fraction of sp³-hybridized carbons (Fsp3) is 0.375. The van der Waals surface area contributed by atoms with Crippen molar-refractivity contribution < 1.29 is 4.79 Å². The van der Waals surface area contributed by atoms with Crippen LogP contribution < -0.4 is 5.73 Å². The van der Waals surface area contributed by atoms with E-state index in [-0.39, 0.29) is 11.7 Å². The normalized spacial score (nSPS) is 12.9. The van der Waals surface area contributed by atoms with E-state index in [9.17, 15) is 4.79 Å². The molecule has 2 N–H and O–H groups in total. The van der Waals surface area contributed by atoms with E-state index in [0.29, 0.717) is 6.54 Å². The van der Waals surface area contributed by atoms with Crippen LogP contribution in [0.15, 0.2) is 16.8 Å². The minimum Gasteiger partial charge on any atom is -0.330 e. The molecular formula is C8H11NOS. The lowest BCUT2D eigenvalue weighted by atomic mass is 10.0. The maximum atomic E-state index is 11.4. The fourth-order valence-corrected chi connectivity index (χ4v) is 1.44. The summed E-state index contributed by atoms with van der Waals surface area (Å²) in [6.45, 7) is 2.27. The van der Waals surface area contributed by atoms with Gasteiger partial charge in [0.15, 0.2) is 5.78 Å². The molecule has 3 heteroatoms. The van der Waals surface area contributed by atoms with Crippen molar-refractivity contribution in [2.45, 2.75) is 6.92 Å². The molecule has 1 aromatic rings. The molecule has 11 heavy (non-hydrogen) atoms. The smallest absolute Gasteiger partial charge is 0.167 e. The number of rotatable bonds is 3. The van der Waals surface area contributed by atoms with Crippen LogP contribution in [0.4, 0.5) is 0 Å². The monoisotopic (exact) mass is 169 g/mol. The van der Waals surface area contributed by atoms with Crippen LogP contribution in [0.2, 0.25) is 0 Å². The Bertz CT molecular complexity index is 230. The molecule has 0 amide bonds. The average molecular weight is 169 g/mol. The highest BCUT2D eigenvalue weighted by Gasteiger charge is 2.12. The number of hydrogen-bond donors (Lipinski definition) is 1. The minimum absolute atomic E-state index is 0.0513. The number of nitrogens with two attached hydrogens (primary N) is 1. The van der Waals surface area contributed by atoms with Gasteiger partial charge in [0.2, 0.25) is 0 Å². The predicted molar refractivity (Wildman–Crippen MR) is 46.9 cm³/mol. The van der Waals surface area contributed by atoms with E-state index in [0.717, 1.165) is 5.56 Å². The summed E-state index contributed by atoms with van der Waals surface area (Å²) in [5.74, 6) is 0.0957. The Hall–Kier alpha value is -0.670. The van der Waals surface area contributed by atoms with Crippen LogP contribution in [0.5, 0.6) is 0 Å². The summed E-state index contributed by atoms with van der Waals surface area (Å²) < 4.78 is 0. The first-order valence-electron chi connectivity index (χ1n) is 3.52. The van der Waals surface area contributed by atoms with Gasteiger partial charge in [0.1, 0.15) is 0 Å². The Kier molecular flexibility index (Phi) is 2.79. The van der Waals surface area contributed by atoms with Gasteiger partial charge in [-0.1, -0.05) is 6.92 Å². The van der Waals surface area contributed by atoms with Crippen molar-refractivity contribution >= 4 is 17.1 Å². The molecule has 0 aliphatic heterocycles. The van der Waals surface area contributed by atoms with Crippen LogP contribution in [0, 0.1) is 5.92 Å². The highest BCUT2D eigenvalue weighted by molar-refractivity contribution is 7.08. The number of ketones is 1. The van der Waals surface area contributed by atoms with Crippen molar-refractivity contribution in [3.8, 4) is 0 Å². The quantitative estimate of drug-likeness (QED) is 0.697. The molecule has 1 heterocycles. The second-order valence-corrected chi connectivity index (χ2v) is 3.29. The van der Waals surface area contributed by atoms with Gasteiger partial charge in [-0.3, -0.25) is 4.79 Å². The molecule has 0 aliphatic rings. The third kappa shape index (κ3) is 1.88. The van der Waals surface area contributed by atoms with Crippen LogP contribution in [-0.4, -0.2) is 12.3 Å². The number of carbonyl (C=O) groups is 1. The van der Waals surface area contributed by atoms with Crippen molar-refractivity contribution in [1.29, 1.82) is 0 Å². The number of hydrogen-bond acceptors (Lipinski definition) is 3. The lowest BCUT2D eigenvalue weighted by Gasteiger charge is -2.03. The van der Waals surface area contributed by atoms with E-state index in [4.69, 9.17) is 5.73 Å². The van der Waals surface area contributed by atoms with Crippen LogP contribution in [0.25, 0.3) is 0 Å². The van der Waals surface area contributed by atoms with Crippen molar-refractivity contribution in [2.24, 2.45) is 11.7 Å². The first kappa shape index (κ1) is 8.43. The van der Waals surface area contributed by atoms with Crippen molar-refractivity contribution in [2.75, 3.05) is 6.54 Å². The summed E-state index contributed by atoms with van der Waals surface area (Å²) in [5, 5.41) is 3.75. The molecular weight excluding hydrogens is 158 g/mol. The summed E-state index contributed by atoms with van der Waals surface area (Å²) in [6.07, 6.45) is 0. The molecule has 1 atom stereocenters. The molecule has 2 nitrogen and oxygen atoms in total. The topological polar surface area (TPSA) is 43.1 Å². The minimum atomic E-state index is -0.0513. The van der Waals surface area contributed by atoms with E-state index in [1.807, 2.05) is 23.8 Å². The van der Waals surface area contributed by atoms with E-state index in [2.05, 4.69) is 0 Å². The maximum absolute atomic E-state index is 11.4. The van der Waals surface area contributed by atoms with Crippen molar-refractivity contribution in [1.82, 2.24) is 0 Å². The van der Waals surface area contributed by atoms with Gasteiger partial charge >= 0.3 is 0 Å². The maximum Gasteiger partial charge on any atom is 0.167 e. The standard InChI is InChI=1S/C8H11NOS/c1-6(4-9)8(10)7-2-3-11-5-7/h2-3,5-6H,4,9H2,1H3. The van der Waals surface area contributed by atoms with E-state index in [1.165, 1.54) is 11.3 Å². The Morgan fingerprint density at radius 2 is 2.55 bits per heavy atom. The number of Topliss-reactive ketones (excluding diaryl/α,β-unsaturated/α-hetero) is 1. The molecule has 1 unspecified atom stereocenters. The average Bonchev–Trinajstić information content (AvgIpc) is 2.53. The Morgan fingerprint density at radius 1 is 1.82 bits per heavy atom. The molecule has 0 spiro atoms. The van der Waals surface area contributed by atoms with E-state index < -0.39 is 0 Å². The summed E-state index contributed by atoms with van der Waals surface area (Å²) in [5.41, 5.74) is 6.15. The molecule has 0 fully saturated rings. The van der Waals surface area contributed by atoms with Gasteiger partial charge in [-0.25, -0.2) is 0 Å². The molecule has 1 aromatic heterocycles. The van der Waals surface area contributed by atoms with Gasteiger partial charge < -0.3 is 5.73 Å². The van der Waals surface area contributed by atoms with Crippen LogP contribution in [-0.2, 0) is 0 Å². The lowest BCUT2D eigenvalue weighted by molar-refractivity contribution is 0.0934. The second kappa shape index (κ2) is 3.64. The first-order chi connectivity index (χ1) is 5.25. The zero-order valence-corrected chi connectivity index (χ0v) is 7.23. The first-order valence-corrected chi connectivity index (χ1v) is 4.46. The highest BCUT2D eigenvalue weighted by atomic mass is 32.1. The SMILES string of the molecule is CC(CN)C(=O)c1ccsc1. The Labute approximate surface area is 70.0 Å². The van der Waals surface area contributed by atoms with E-state index in [1.54, 1.807) is 0 Å². The number of carbonyl (C=O) groups excluding carboxylic acids is 1. The van der Waals surface area contributed by atoms with Gasteiger partial charge in [0.25, 0.3) is 0 Å². The van der Waals surface area contributed by atoms with Crippen molar-refractivity contribution in [3.63, 3.8) is 0 Å². The van der Waals surface area contributed by atoms with Gasteiger partial charge in [0, 0.05) is 23.4 Å². The summed E-state index contributed by atoms with van der Waals surface area (Å²) in [4.78, 5) is 11.4. The predicted octanol–water partition coefficient (Wildman–Crippen LogP) is 1.53. The molecule has 0 saturated heterocycles. The molecule has 1 rings (SSSR count). The van der Waals surface area contributed by atoms with Gasteiger partial charge in [0.05, 0.1) is 0 Å². The Balaban J connectivity index is 2.70. The molecule has 0 bridgehead atoms. The van der Waals surface area contributed by atoms with Crippen LogP contribution in [0.3, 0.4) is 0 Å². The zero-order valence-electron chi connectivity index (χ0n) is 6.41. The second-order valence-electron chi connectivity index (χ2n) is 2.51. The van der Waals surface area contributed by atoms with Gasteiger partial charge in [-0.15, -0.1) is 0 Å². The van der Waals surface area contributed by atoms with E-state index >= 15 is 0 Å². The van der Waals surface area contributed by atoms with Gasteiger partial charge in [-0.05, 0) is 11.4 Å². The van der Waals surface area contributed by atoms with Crippen molar-refractivity contribution in [3.05, 3.63) is 22.4 Å². The van der Waals surface area contributed by atoms with Gasteiger partial charge in [-0.2, -0.15) is 11.3 Å². The third-order valence-electron chi connectivity index (χ3n) is 1.61. The largest absolute Gasteiger partial charge is 0.330 e. The highest BCUT2D eigenvalue weighted by Crippen LogP contribution is 2.11. The summed E-state index contributed by atoms with van der Waals surface area (Å²) in [7, 11) is 0. The molecule has 0 aromatic carbocycles. The number of thiophene rings is 1. The third-order valence-corrected chi connectivity index (χ3v) is 2.29. The lowest BCUT2D eigenvalue weighted by Crippen LogP contribution is -2.20. The molecule has 0 saturated carbocycles. The molecule has 60 valence electrons.